The largest absolute Gasteiger partial charge is 0.490 e. The Morgan fingerprint density at radius 2 is 0.688 bits per heavy atom. The van der Waals surface area contributed by atoms with Gasteiger partial charge in [0, 0.05) is 273 Å². The van der Waals surface area contributed by atoms with Crippen molar-refractivity contribution in [3.63, 3.8) is 0 Å². The van der Waals surface area contributed by atoms with Crippen LogP contribution in [0.4, 0.5) is 22.7 Å². The van der Waals surface area contributed by atoms with E-state index in [-0.39, 0.29) is 5.69 Å². The van der Waals surface area contributed by atoms with E-state index < -0.39 is 0 Å². The monoisotopic (exact) mass is 1920 g/mol. The molecule has 0 atom stereocenters. The van der Waals surface area contributed by atoms with Crippen LogP contribution in [0.1, 0.15) is 80.8 Å². The summed E-state index contributed by atoms with van der Waals surface area (Å²) in [5, 5.41) is 89.7. The first kappa shape index (κ1) is 95.7. The number of anilines is 4. The van der Waals surface area contributed by atoms with Gasteiger partial charge in [0.15, 0.2) is 34.2 Å². The molecule has 3 fully saturated rings. The molecule has 40 heteroatoms. The van der Waals surface area contributed by atoms with Crippen LogP contribution in [0.25, 0.3) is 165 Å². The van der Waals surface area contributed by atoms with Crippen LogP contribution in [0.2, 0.25) is 0 Å². The van der Waals surface area contributed by atoms with E-state index in [2.05, 4.69) is 214 Å². The van der Waals surface area contributed by atoms with E-state index in [1.807, 2.05) is 156 Å². The van der Waals surface area contributed by atoms with Crippen molar-refractivity contribution in [2.24, 2.45) is 35.2 Å². The van der Waals surface area contributed by atoms with Crippen LogP contribution in [0.15, 0.2) is 154 Å². The molecular weight excluding hydrogens is 1810 g/mol. The van der Waals surface area contributed by atoms with E-state index in [0.29, 0.717) is 41.2 Å². The highest BCUT2D eigenvalue weighted by molar-refractivity contribution is 6.18. The summed E-state index contributed by atoms with van der Waals surface area (Å²) in [6.45, 7) is 19.6. The van der Waals surface area contributed by atoms with E-state index in [9.17, 15) is 26.3 Å². The second-order valence-corrected chi connectivity index (χ2v) is 36.9. The Hall–Kier alpha value is -17.2. The van der Waals surface area contributed by atoms with Crippen molar-refractivity contribution in [1.82, 2.24) is 148 Å². The number of likely N-dealkylation sites (N-methyl/N-ethyl adjacent to an activating group) is 1. The van der Waals surface area contributed by atoms with Crippen LogP contribution in [-0.2, 0) is 35.2 Å². The van der Waals surface area contributed by atoms with E-state index in [1.54, 1.807) is 60.6 Å². The summed E-state index contributed by atoms with van der Waals surface area (Å²) in [5.41, 5.74) is 23.4. The molecule has 3 saturated heterocycles. The van der Waals surface area contributed by atoms with Crippen molar-refractivity contribution >= 4 is 132 Å². The molecule has 0 spiro atoms. The number of nitrogens with one attached hydrogen (secondary N) is 8. The topological polar surface area (TPSA) is 481 Å². The number of rotatable bonds is 24. The molecule has 3 aliphatic rings. The maximum absolute atomic E-state index is 9.77. The van der Waals surface area contributed by atoms with Gasteiger partial charge in [-0.25, -0.2) is 49.8 Å². The zero-order valence-corrected chi connectivity index (χ0v) is 82.3. The SMILES string of the molecule is CCN1CCC(Nc2c(C#N)ncc3[nH]c4ncc(-c5cnn(C)c5)cc4c23)CC1.CCN1CCN(c2c(C#N)ncc3[nH]c4ncc(-c5cnn(C)c5)cc4c23)CC1.CN(C)CCCNc1c(C#N)ncc2[nH]c3ncc(-c4cnn(C)c4)cc3c12.CN(C)CCCOc1c(C#N)ncc2[nH]c3ncc(-c4cnn(C)c4)cc3c12.Cn1cc(-c2cnc3[nH]c4cnc(C#N)c(NCCN5CCCC5)c4c3c2)cn1. The van der Waals surface area contributed by atoms with Gasteiger partial charge in [0.2, 0.25) is 0 Å². The zero-order valence-electron chi connectivity index (χ0n) is 82.3. The van der Waals surface area contributed by atoms with Crippen LogP contribution in [0.5, 0.6) is 5.75 Å². The van der Waals surface area contributed by atoms with Crippen molar-refractivity contribution in [3.05, 3.63) is 183 Å². The van der Waals surface area contributed by atoms with E-state index in [4.69, 9.17) is 4.74 Å². The molecule has 0 aromatic carbocycles. The molecule has 3 aliphatic heterocycles. The third-order valence-electron chi connectivity index (χ3n) is 26.6. The molecule has 20 aromatic rings. The van der Waals surface area contributed by atoms with Crippen molar-refractivity contribution in [2.45, 2.75) is 58.4 Å². The average Bonchev–Trinajstić information content (AvgIpc) is 1.59. The lowest BCUT2D eigenvalue weighted by molar-refractivity contribution is 0.229. The fourth-order valence-electron chi connectivity index (χ4n) is 19.2. The third kappa shape index (κ3) is 20.3. The number of nitrogens with zero attached hydrogens (tertiary/aromatic N) is 31. The number of hydrogen-bond donors (Lipinski definition) is 8. The molecule has 8 N–H and O–H groups in total. The summed E-state index contributed by atoms with van der Waals surface area (Å²) >= 11 is 0. The maximum atomic E-state index is 9.77. The molecule has 144 heavy (non-hydrogen) atoms. The minimum Gasteiger partial charge on any atom is -0.490 e. The number of hydrogen-bond acceptors (Lipinski definition) is 30. The number of aromatic nitrogens is 25. The smallest absolute Gasteiger partial charge is 0.183 e. The second-order valence-electron chi connectivity index (χ2n) is 36.9. The van der Waals surface area contributed by atoms with Crippen molar-refractivity contribution < 1.29 is 4.74 Å². The molecule has 0 bridgehead atoms. The lowest BCUT2D eigenvalue weighted by Gasteiger charge is -2.36. The normalized spacial score (nSPS) is 13.7. The summed E-state index contributed by atoms with van der Waals surface area (Å²) in [4.78, 5) is 75.2. The first-order valence-electron chi connectivity index (χ1n) is 48.3. The zero-order chi connectivity index (χ0) is 99.8. The summed E-state index contributed by atoms with van der Waals surface area (Å²) in [7, 11) is 17.6. The van der Waals surface area contributed by atoms with Gasteiger partial charge < -0.3 is 75.0 Å². The highest BCUT2D eigenvalue weighted by Gasteiger charge is 2.29. The number of H-pyrrole nitrogens is 5. The van der Waals surface area contributed by atoms with Gasteiger partial charge in [-0.1, -0.05) is 13.8 Å². The van der Waals surface area contributed by atoms with Gasteiger partial charge in [-0.05, 0) is 130 Å². The predicted molar refractivity (Wildman–Crippen MR) is 559 cm³/mol. The molecule has 0 saturated carbocycles. The van der Waals surface area contributed by atoms with Gasteiger partial charge in [0.25, 0.3) is 0 Å². The van der Waals surface area contributed by atoms with E-state index in [1.165, 1.54) is 12.8 Å². The highest BCUT2D eigenvalue weighted by Crippen LogP contribution is 2.43. The van der Waals surface area contributed by atoms with Crippen molar-refractivity contribution in [1.29, 1.82) is 26.3 Å². The minimum atomic E-state index is 0.282. The van der Waals surface area contributed by atoms with Gasteiger partial charge in [-0.3, -0.25) is 23.4 Å². The van der Waals surface area contributed by atoms with E-state index in [0.717, 1.165) is 312 Å². The number of piperazine rings is 1. The summed E-state index contributed by atoms with van der Waals surface area (Å²) < 4.78 is 14.9. The number of aromatic amines is 5. The molecule has 0 unspecified atom stereocenters. The Labute approximate surface area is 829 Å². The Morgan fingerprint density at radius 1 is 0.354 bits per heavy atom. The van der Waals surface area contributed by atoms with Crippen LogP contribution >= 0.6 is 0 Å². The van der Waals surface area contributed by atoms with Crippen LogP contribution in [0.3, 0.4) is 0 Å². The Bertz CT molecular complexity index is 8130. The van der Waals surface area contributed by atoms with Gasteiger partial charge in [0.1, 0.15) is 58.6 Å². The molecular formula is C104H111N39O. The van der Waals surface area contributed by atoms with Gasteiger partial charge in [-0.15, -0.1) is 0 Å². The second kappa shape index (κ2) is 42.5. The first-order chi connectivity index (χ1) is 70.2. The Balaban J connectivity index is 0.000000114. The van der Waals surface area contributed by atoms with Gasteiger partial charge in [-0.2, -0.15) is 51.8 Å². The lowest BCUT2D eigenvalue weighted by Crippen LogP contribution is -2.46. The number of fused-ring (bicyclic) bond motifs is 15. The fourth-order valence-corrected chi connectivity index (χ4v) is 19.2. The first-order valence-corrected chi connectivity index (χ1v) is 48.3. The average molecular weight is 1920 g/mol. The molecule has 728 valence electrons. The van der Waals surface area contributed by atoms with Crippen LogP contribution in [-0.4, -0.2) is 287 Å². The summed E-state index contributed by atoms with van der Waals surface area (Å²) in [5.74, 6) is 0.509. The number of piperidine rings is 1. The molecule has 23 heterocycles. The number of pyridine rings is 10. The molecule has 40 nitrogen and oxygen atoms in total. The predicted octanol–water partition coefficient (Wildman–Crippen LogP) is 14.2. The van der Waals surface area contributed by atoms with Gasteiger partial charge in [0.05, 0.1) is 124 Å². The summed E-state index contributed by atoms with van der Waals surface area (Å²) in [6.07, 6.45) is 43.1. The number of aryl methyl sites for hydroxylation is 5. The maximum Gasteiger partial charge on any atom is 0.183 e. The lowest BCUT2D eigenvalue weighted by atomic mass is 10.0. The Kier molecular flexibility index (Phi) is 28.2. The van der Waals surface area contributed by atoms with Crippen molar-refractivity contribution in [3.8, 4) is 91.7 Å². The van der Waals surface area contributed by atoms with Crippen molar-refractivity contribution in [2.75, 3.05) is 154 Å². The number of likely N-dealkylation sites (tertiary alicyclic amines) is 2. The molecule has 0 radical (unpaired) electrons. The summed E-state index contributed by atoms with van der Waals surface area (Å²) in [6, 6.07) is 22.0. The minimum absolute atomic E-state index is 0.282. The number of nitriles is 5. The number of ether oxygens (including phenoxy) is 1. The standard InChI is InChI=1S/C22H24N8.2C21H22N8.C20H22N8.C20H21N7O/c1-3-30-6-4-16(5-7-30)27-21-18(9-23)24-12-19-20(21)17-8-14(10-25-22(17)28-19)15-11-26-29(2)13-15;1-28-13-15(11-26-28)14-8-16-19-18(27-21(16)25-10-14)12-24-17(9-22)20(19)23-4-7-29-5-2-3-6-29;1-3-28-4-6-29(7-5-28)20-17(9-22)23-12-18-19(20)16-8-14(10-24-21(16)26-18)15-11-25-27(2)13-15;1-27(2)6-4-5-22-19-16(8-21)23-11-17-18(19)15-7-13(9-24-20(15)26-17)14-10-25-28(3)12-14;1-26(2)5-4-6-28-19-16(8-21)22-11-17-18(19)15-7-13(9-23-20(15)25-17)14-10-24-27(3)12-14/h8,10-13,16,27H,3-7H2,1-2H3,(H,25,28);8,10-13,23H,2-7H2,1H3,(H,25,27);8,10-13H,3-7H2,1-2H3,(H,24,26);7,9-12,22H,4-6H2,1-3H3,(H,24,26);7,9-12H,4-6H2,1-3H3,(H,23,25). The fraction of sp³-hybridized carbons (Fsp3) is 0.327. The van der Waals surface area contributed by atoms with Gasteiger partial charge >= 0.3 is 0 Å². The third-order valence-corrected chi connectivity index (χ3v) is 26.6. The van der Waals surface area contributed by atoms with Crippen LogP contribution in [0, 0.1) is 56.7 Å². The molecule has 0 amide bonds. The quantitative estimate of drug-likeness (QED) is 0.0260. The van der Waals surface area contributed by atoms with E-state index >= 15 is 0 Å². The molecule has 23 rings (SSSR count). The highest BCUT2D eigenvalue weighted by atomic mass is 16.5. The molecule has 0 aliphatic carbocycles. The molecule has 20 aromatic heterocycles. The Morgan fingerprint density at radius 3 is 1.06 bits per heavy atom. The van der Waals surface area contributed by atoms with Crippen LogP contribution < -0.4 is 25.6 Å².